The molecule has 0 bridgehead atoms. The maximum Gasteiger partial charge on any atom is 0.325 e. The Balaban J connectivity index is 1.82. The van der Waals surface area contributed by atoms with E-state index in [-0.39, 0.29) is 28.9 Å². The van der Waals surface area contributed by atoms with Crippen molar-refractivity contribution in [2.45, 2.75) is 49.3 Å². The van der Waals surface area contributed by atoms with Crippen molar-refractivity contribution in [1.82, 2.24) is 14.9 Å². The van der Waals surface area contributed by atoms with Crippen LogP contribution in [0.5, 0.6) is 0 Å². The van der Waals surface area contributed by atoms with Crippen molar-refractivity contribution in [3.05, 3.63) is 34.6 Å². The van der Waals surface area contributed by atoms with Gasteiger partial charge in [-0.25, -0.2) is 4.98 Å². The molecule has 1 aliphatic rings. The first-order valence-electron chi connectivity index (χ1n) is 9.39. The Hall–Kier alpha value is -2.86. The fraction of sp³-hybridized carbons (Fsp3) is 0.450. The molecule has 0 spiro atoms. The van der Waals surface area contributed by atoms with E-state index in [0.29, 0.717) is 23.7 Å². The number of nitriles is 1. The van der Waals surface area contributed by atoms with Crippen LogP contribution in [0.15, 0.2) is 34.2 Å². The second-order valence-corrected chi connectivity index (χ2v) is 7.91. The molecule has 8 nitrogen and oxygen atoms in total. The van der Waals surface area contributed by atoms with Crippen molar-refractivity contribution in [2.75, 3.05) is 12.9 Å². The van der Waals surface area contributed by atoms with Gasteiger partial charge in [-0.15, -0.1) is 0 Å². The topological polar surface area (TPSA) is 114 Å². The Kier molecular flexibility index (Phi) is 6.54. The van der Waals surface area contributed by atoms with Gasteiger partial charge in [0.1, 0.15) is 12.1 Å². The summed E-state index contributed by atoms with van der Waals surface area (Å²) in [5.41, 5.74) is -0.703. The van der Waals surface area contributed by atoms with Crippen molar-refractivity contribution in [3.63, 3.8) is 0 Å². The molecule has 0 unspecified atom stereocenters. The third-order valence-corrected chi connectivity index (χ3v) is 5.95. The number of ether oxygens (including phenoxy) is 1. The highest BCUT2D eigenvalue weighted by Crippen LogP contribution is 2.28. The SMILES string of the molecule is COC(=O)Cn1c(SCC(=O)NC2(C#N)CCCCC2)nc2ccccc2c1=O. The van der Waals surface area contributed by atoms with Crippen LogP contribution in [0.3, 0.4) is 0 Å². The van der Waals surface area contributed by atoms with Crippen molar-refractivity contribution >= 4 is 34.5 Å². The van der Waals surface area contributed by atoms with Crippen LogP contribution in [0, 0.1) is 11.3 Å². The zero-order valence-electron chi connectivity index (χ0n) is 16.1. The first-order valence-corrected chi connectivity index (χ1v) is 10.4. The molecule has 1 aliphatic carbocycles. The summed E-state index contributed by atoms with van der Waals surface area (Å²) in [4.78, 5) is 41.5. The number of aromatic nitrogens is 2. The van der Waals surface area contributed by atoms with E-state index >= 15 is 0 Å². The Morgan fingerprint density at radius 2 is 2.03 bits per heavy atom. The standard InChI is InChI=1S/C20H22N4O4S/c1-28-17(26)11-24-18(27)14-7-3-4-8-15(14)22-19(24)29-12-16(25)23-20(13-21)9-5-2-6-10-20/h3-4,7-8H,2,5-6,9-12H2,1H3,(H,23,25). The summed E-state index contributed by atoms with van der Waals surface area (Å²) in [6.45, 7) is -0.292. The molecular weight excluding hydrogens is 392 g/mol. The Morgan fingerprint density at radius 1 is 1.31 bits per heavy atom. The van der Waals surface area contributed by atoms with Crippen LogP contribution in [-0.2, 0) is 20.9 Å². The van der Waals surface area contributed by atoms with Crippen LogP contribution < -0.4 is 10.9 Å². The van der Waals surface area contributed by atoms with E-state index < -0.39 is 11.5 Å². The van der Waals surface area contributed by atoms with Gasteiger partial charge in [-0.2, -0.15) is 5.26 Å². The molecule has 1 heterocycles. The van der Waals surface area contributed by atoms with Gasteiger partial charge in [0.25, 0.3) is 5.56 Å². The minimum atomic E-state index is -0.821. The molecule has 9 heteroatoms. The molecule has 1 amide bonds. The fourth-order valence-corrected chi connectivity index (χ4v) is 4.24. The van der Waals surface area contributed by atoms with E-state index in [1.807, 2.05) is 0 Å². The largest absolute Gasteiger partial charge is 0.468 e. The second-order valence-electron chi connectivity index (χ2n) is 6.97. The van der Waals surface area contributed by atoms with Crippen molar-refractivity contribution < 1.29 is 14.3 Å². The molecule has 1 aromatic carbocycles. The second kappa shape index (κ2) is 9.09. The zero-order chi connectivity index (χ0) is 20.9. The summed E-state index contributed by atoms with van der Waals surface area (Å²) in [5.74, 6) is -0.901. The molecule has 2 aromatic rings. The van der Waals surface area contributed by atoms with E-state index in [0.717, 1.165) is 31.0 Å². The number of amides is 1. The summed E-state index contributed by atoms with van der Waals surface area (Å²) in [5, 5.41) is 13.0. The minimum absolute atomic E-state index is 0.0185. The lowest BCUT2D eigenvalue weighted by molar-refractivity contribution is -0.141. The van der Waals surface area contributed by atoms with Crippen LogP contribution in [0.2, 0.25) is 0 Å². The van der Waals surface area contributed by atoms with Crippen LogP contribution in [-0.4, -0.2) is 39.8 Å². The number of esters is 1. The molecular formula is C20H22N4O4S. The van der Waals surface area contributed by atoms with Crippen LogP contribution in [0.25, 0.3) is 10.9 Å². The number of carbonyl (C=O) groups is 2. The molecule has 0 aliphatic heterocycles. The number of nitrogens with zero attached hydrogens (tertiary/aromatic N) is 3. The van der Waals surface area contributed by atoms with Gasteiger partial charge in [-0.3, -0.25) is 19.0 Å². The zero-order valence-corrected chi connectivity index (χ0v) is 17.0. The van der Waals surface area contributed by atoms with E-state index in [4.69, 9.17) is 0 Å². The maximum absolute atomic E-state index is 12.8. The summed E-state index contributed by atoms with van der Waals surface area (Å²) in [6.07, 6.45) is 4.16. The Labute approximate surface area is 172 Å². The third kappa shape index (κ3) is 4.77. The van der Waals surface area contributed by atoms with Crippen molar-refractivity contribution in [2.24, 2.45) is 0 Å². The highest BCUT2D eigenvalue weighted by atomic mass is 32.2. The number of benzene rings is 1. The van der Waals surface area contributed by atoms with Gasteiger partial charge in [0, 0.05) is 0 Å². The van der Waals surface area contributed by atoms with E-state index in [1.165, 1.54) is 11.7 Å². The lowest BCUT2D eigenvalue weighted by Gasteiger charge is -2.31. The van der Waals surface area contributed by atoms with Crippen LogP contribution >= 0.6 is 11.8 Å². The highest BCUT2D eigenvalue weighted by molar-refractivity contribution is 7.99. The first kappa shape index (κ1) is 20.9. The van der Waals surface area contributed by atoms with E-state index in [2.05, 4.69) is 21.1 Å². The number of hydrogen-bond acceptors (Lipinski definition) is 7. The Morgan fingerprint density at radius 3 is 2.72 bits per heavy atom. The van der Waals surface area contributed by atoms with Crippen LogP contribution in [0.4, 0.5) is 0 Å². The lowest BCUT2D eigenvalue weighted by Crippen LogP contribution is -2.49. The predicted molar refractivity (Wildman–Crippen MR) is 108 cm³/mol. The molecule has 0 atom stereocenters. The van der Waals surface area contributed by atoms with Gasteiger partial charge in [0.2, 0.25) is 5.91 Å². The molecule has 29 heavy (non-hydrogen) atoms. The smallest absolute Gasteiger partial charge is 0.325 e. The quantitative estimate of drug-likeness (QED) is 0.437. The average Bonchev–Trinajstić information content (AvgIpc) is 2.75. The van der Waals surface area contributed by atoms with Gasteiger partial charge < -0.3 is 10.1 Å². The minimum Gasteiger partial charge on any atom is -0.468 e. The number of fused-ring (bicyclic) bond motifs is 1. The van der Waals surface area contributed by atoms with Gasteiger partial charge in [0.05, 0.1) is 29.8 Å². The molecule has 1 saturated carbocycles. The normalized spacial score (nSPS) is 15.4. The number of nitrogens with one attached hydrogen (secondary N) is 1. The van der Waals surface area contributed by atoms with E-state index in [1.54, 1.807) is 24.3 Å². The summed E-state index contributed by atoms with van der Waals surface area (Å²) in [7, 11) is 1.24. The van der Waals surface area contributed by atoms with Crippen LogP contribution in [0.1, 0.15) is 32.1 Å². The van der Waals surface area contributed by atoms with Crippen molar-refractivity contribution in [1.29, 1.82) is 5.26 Å². The average molecular weight is 414 g/mol. The fourth-order valence-electron chi connectivity index (χ4n) is 3.44. The molecule has 0 saturated heterocycles. The predicted octanol–water partition coefficient (Wildman–Crippen LogP) is 2.00. The first-order chi connectivity index (χ1) is 14.0. The van der Waals surface area contributed by atoms with Gasteiger partial charge >= 0.3 is 5.97 Å². The molecule has 1 N–H and O–H groups in total. The van der Waals surface area contributed by atoms with Gasteiger partial charge in [0.15, 0.2) is 5.16 Å². The van der Waals surface area contributed by atoms with Crippen molar-refractivity contribution in [3.8, 4) is 6.07 Å². The maximum atomic E-state index is 12.8. The highest BCUT2D eigenvalue weighted by Gasteiger charge is 2.33. The number of rotatable bonds is 6. The van der Waals surface area contributed by atoms with Gasteiger partial charge in [-0.1, -0.05) is 43.2 Å². The molecule has 3 rings (SSSR count). The van der Waals surface area contributed by atoms with Gasteiger partial charge in [-0.05, 0) is 25.0 Å². The molecule has 0 radical (unpaired) electrons. The number of hydrogen-bond donors (Lipinski definition) is 1. The Bertz CT molecular complexity index is 1020. The number of thioether (sulfide) groups is 1. The molecule has 152 valence electrons. The summed E-state index contributed by atoms with van der Waals surface area (Å²) in [6, 6.07) is 9.08. The van der Waals surface area contributed by atoms with E-state index in [9.17, 15) is 19.6 Å². The number of carbonyl (C=O) groups excluding carboxylic acids is 2. The lowest BCUT2D eigenvalue weighted by atomic mass is 9.83. The summed E-state index contributed by atoms with van der Waals surface area (Å²) < 4.78 is 5.89. The third-order valence-electron chi connectivity index (χ3n) is 4.97. The molecule has 1 aromatic heterocycles. The molecule has 1 fully saturated rings. The summed E-state index contributed by atoms with van der Waals surface area (Å²) >= 11 is 1.06. The monoisotopic (exact) mass is 414 g/mol. The number of methoxy groups -OCH3 is 1. The number of para-hydroxylation sites is 1.